The van der Waals surface area contributed by atoms with Crippen molar-refractivity contribution >= 4 is 34.8 Å². The topological polar surface area (TPSA) is 57.2 Å². The molecule has 0 unspecified atom stereocenters. The van der Waals surface area contributed by atoms with Crippen molar-refractivity contribution in [3.8, 4) is 17.2 Å². The van der Waals surface area contributed by atoms with E-state index >= 15 is 0 Å². The summed E-state index contributed by atoms with van der Waals surface area (Å²) in [4.78, 5) is 15.2. The number of ether oxygens (including phenoxy) is 4. The van der Waals surface area contributed by atoms with Crippen molar-refractivity contribution in [1.82, 2.24) is 4.90 Å². The van der Waals surface area contributed by atoms with Crippen LogP contribution in [-0.4, -0.2) is 56.4 Å². The van der Waals surface area contributed by atoms with Gasteiger partial charge in [0.1, 0.15) is 4.99 Å². The summed E-state index contributed by atoms with van der Waals surface area (Å²) in [6.07, 6.45) is 0. The van der Waals surface area contributed by atoms with E-state index in [0.717, 1.165) is 18.7 Å². The van der Waals surface area contributed by atoms with Crippen LogP contribution in [0.5, 0.6) is 17.2 Å². The monoisotopic (exact) mass is 421 g/mol. The molecular weight excluding hydrogens is 402 g/mol. The molecular formula is C20H20ClNO5S. The third-order valence-electron chi connectivity index (χ3n) is 4.26. The number of morpholine rings is 1. The molecule has 2 aromatic rings. The quantitative estimate of drug-likeness (QED) is 0.415. The number of carbonyl (C=O) groups is 1. The van der Waals surface area contributed by atoms with Gasteiger partial charge < -0.3 is 23.8 Å². The van der Waals surface area contributed by atoms with Gasteiger partial charge in [0.05, 0.1) is 33.0 Å². The molecule has 0 bridgehead atoms. The van der Waals surface area contributed by atoms with Gasteiger partial charge in [0.15, 0.2) is 11.5 Å². The van der Waals surface area contributed by atoms with Gasteiger partial charge in [-0.2, -0.15) is 0 Å². The Morgan fingerprint density at radius 1 is 1.07 bits per heavy atom. The van der Waals surface area contributed by atoms with Gasteiger partial charge in [-0.05, 0) is 30.3 Å². The molecule has 0 spiro atoms. The molecule has 1 fully saturated rings. The van der Waals surface area contributed by atoms with E-state index in [0.29, 0.717) is 40.3 Å². The number of hydrogen-bond donors (Lipinski definition) is 0. The molecule has 0 aromatic heterocycles. The fraction of sp³-hybridized carbons (Fsp3) is 0.300. The van der Waals surface area contributed by atoms with Crippen molar-refractivity contribution in [1.29, 1.82) is 0 Å². The van der Waals surface area contributed by atoms with Crippen molar-refractivity contribution in [2.75, 3.05) is 40.5 Å². The zero-order chi connectivity index (χ0) is 20.1. The summed E-state index contributed by atoms with van der Waals surface area (Å²) in [5.74, 6) is 0.312. The van der Waals surface area contributed by atoms with E-state index in [9.17, 15) is 4.79 Å². The normalized spacial score (nSPS) is 13.8. The fourth-order valence-corrected chi connectivity index (χ4v) is 3.31. The first-order chi connectivity index (χ1) is 13.5. The molecule has 1 saturated heterocycles. The van der Waals surface area contributed by atoms with Crippen LogP contribution >= 0.6 is 23.8 Å². The van der Waals surface area contributed by atoms with E-state index in [1.54, 1.807) is 30.3 Å². The van der Waals surface area contributed by atoms with Crippen LogP contribution in [0.15, 0.2) is 36.4 Å². The second-order valence-corrected chi connectivity index (χ2v) is 6.84. The van der Waals surface area contributed by atoms with Crippen LogP contribution in [0.2, 0.25) is 5.02 Å². The predicted molar refractivity (Wildman–Crippen MR) is 110 cm³/mol. The predicted octanol–water partition coefficient (Wildman–Crippen LogP) is 3.58. The second kappa shape index (κ2) is 9.23. The summed E-state index contributed by atoms with van der Waals surface area (Å²) in [6.45, 7) is 2.69. The highest BCUT2D eigenvalue weighted by Gasteiger charge is 2.22. The van der Waals surface area contributed by atoms with E-state index in [1.807, 2.05) is 0 Å². The Morgan fingerprint density at radius 3 is 2.29 bits per heavy atom. The van der Waals surface area contributed by atoms with Crippen molar-refractivity contribution in [2.24, 2.45) is 0 Å². The lowest BCUT2D eigenvalue weighted by atomic mass is 10.1. The lowest BCUT2D eigenvalue weighted by Crippen LogP contribution is -2.40. The van der Waals surface area contributed by atoms with Crippen LogP contribution < -0.4 is 14.2 Å². The van der Waals surface area contributed by atoms with Crippen LogP contribution in [0.25, 0.3) is 0 Å². The summed E-state index contributed by atoms with van der Waals surface area (Å²) in [6, 6.07) is 9.99. The highest BCUT2D eigenvalue weighted by atomic mass is 35.5. The number of methoxy groups -OCH3 is 2. The average Bonchev–Trinajstić information content (AvgIpc) is 2.73. The SMILES string of the molecule is COc1cc(C(=S)N2CCOCC2)cc(OC)c1OC(=O)c1cccc(Cl)c1. The second-order valence-electron chi connectivity index (χ2n) is 6.01. The molecule has 148 valence electrons. The van der Waals surface area contributed by atoms with E-state index in [2.05, 4.69) is 4.90 Å². The Kier molecular flexibility index (Phi) is 6.72. The van der Waals surface area contributed by atoms with E-state index in [4.69, 9.17) is 42.8 Å². The van der Waals surface area contributed by atoms with Gasteiger partial charge in [0, 0.05) is 23.7 Å². The summed E-state index contributed by atoms with van der Waals surface area (Å²) >= 11 is 11.6. The van der Waals surface area contributed by atoms with Crippen LogP contribution in [0.3, 0.4) is 0 Å². The molecule has 0 radical (unpaired) electrons. The fourth-order valence-electron chi connectivity index (χ4n) is 2.82. The van der Waals surface area contributed by atoms with Gasteiger partial charge in [-0.25, -0.2) is 4.79 Å². The molecule has 0 amide bonds. The molecule has 1 aliphatic heterocycles. The molecule has 0 aliphatic carbocycles. The summed E-state index contributed by atoms with van der Waals surface area (Å²) < 4.78 is 21.8. The van der Waals surface area contributed by atoms with Gasteiger partial charge >= 0.3 is 5.97 Å². The minimum atomic E-state index is -0.567. The van der Waals surface area contributed by atoms with Crippen molar-refractivity contribution in [2.45, 2.75) is 0 Å². The third-order valence-corrected chi connectivity index (χ3v) is 4.99. The number of esters is 1. The number of rotatable bonds is 5. The molecule has 1 heterocycles. The van der Waals surface area contributed by atoms with Crippen LogP contribution in [0, 0.1) is 0 Å². The molecule has 8 heteroatoms. The number of nitrogens with zero attached hydrogens (tertiary/aromatic N) is 1. The van der Waals surface area contributed by atoms with E-state index < -0.39 is 5.97 Å². The van der Waals surface area contributed by atoms with Crippen LogP contribution in [-0.2, 0) is 4.74 Å². The lowest BCUT2D eigenvalue weighted by Gasteiger charge is -2.29. The van der Waals surface area contributed by atoms with Gasteiger partial charge in [-0.15, -0.1) is 0 Å². The van der Waals surface area contributed by atoms with Crippen molar-refractivity contribution in [3.05, 3.63) is 52.5 Å². The number of benzene rings is 2. The number of thiocarbonyl (C=S) groups is 1. The number of carbonyl (C=O) groups excluding carboxylic acids is 1. The van der Waals surface area contributed by atoms with Crippen molar-refractivity contribution < 1.29 is 23.7 Å². The Bertz CT molecular complexity index is 858. The lowest BCUT2D eigenvalue weighted by molar-refractivity contribution is 0.0692. The highest BCUT2D eigenvalue weighted by Crippen LogP contribution is 2.39. The third kappa shape index (κ3) is 4.55. The van der Waals surface area contributed by atoms with Gasteiger partial charge in [0.2, 0.25) is 5.75 Å². The summed E-state index contributed by atoms with van der Waals surface area (Å²) in [5.41, 5.74) is 1.07. The maximum atomic E-state index is 12.5. The van der Waals surface area contributed by atoms with E-state index in [1.165, 1.54) is 20.3 Å². The van der Waals surface area contributed by atoms with Crippen molar-refractivity contribution in [3.63, 3.8) is 0 Å². The summed E-state index contributed by atoms with van der Waals surface area (Å²) in [7, 11) is 2.99. The van der Waals surface area contributed by atoms with Gasteiger partial charge in [-0.1, -0.05) is 29.9 Å². The molecule has 0 N–H and O–H groups in total. The molecule has 6 nitrogen and oxygen atoms in total. The number of hydrogen-bond acceptors (Lipinski definition) is 6. The molecule has 1 aliphatic rings. The average molecular weight is 422 g/mol. The smallest absolute Gasteiger partial charge is 0.343 e. The molecule has 2 aromatic carbocycles. The standard InChI is InChI=1S/C20H20ClNO5S/c1-24-16-11-14(19(28)22-6-8-26-9-7-22)12-17(25-2)18(16)27-20(23)13-4-3-5-15(21)10-13/h3-5,10-12H,6-9H2,1-2H3. The molecule has 28 heavy (non-hydrogen) atoms. The van der Waals surface area contributed by atoms with Crippen LogP contribution in [0.4, 0.5) is 0 Å². The molecule has 0 saturated carbocycles. The van der Waals surface area contributed by atoms with Gasteiger partial charge in [0.25, 0.3) is 0 Å². The maximum absolute atomic E-state index is 12.5. The van der Waals surface area contributed by atoms with Crippen LogP contribution in [0.1, 0.15) is 15.9 Å². The highest BCUT2D eigenvalue weighted by molar-refractivity contribution is 7.80. The first-order valence-corrected chi connectivity index (χ1v) is 9.43. The van der Waals surface area contributed by atoms with Gasteiger partial charge in [-0.3, -0.25) is 0 Å². The van der Waals surface area contributed by atoms with E-state index in [-0.39, 0.29) is 5.75 Å². The minimum absolute atomic E-state index is 0.184. The Labute approximate surface area is 173 Å². The number of halogens is 1. The first-order valence-electron chi connectivity index (χ1n) is 8.64. The largest absolute Gasteiger partial charge is 0.493 e. The Balaban J connectivity index is 1.90. The maximum Gasteiger partial charge on any atom is 0.343 e. The molecule has 0 atom stereocenters. The Morgan fingerprint density at radius 2 is 1.71 bits per heavy atom. The zero-order valence-corrected chi connectivity index (χ0v) is 17.1. The Hall–Kier alpha value is -2.35. The minimum Gasteiger partial charge on any atom is -0.493 e. The zero-order valence-electron chi connectivity index (χ0n) is 15.6. The summed E-state index contributed by atoms with van der Waals surface area (Å²) in [5, 5.41) is 0.444. The first kappa shape index (κ1) is 20.4. The molecule has 3 rings (SSSR count).